The number of ether oxygens (including phenoxy) is 1. The molecule has 0 aromatic carbocycles. The smallest absolute Gasteiger partial charge is 0.344 e. The third-order valence-electron chi connectivity index (χ3n) is 4.99. The molecule has 3 N–H and O–H groups in total. The van der Waals surface area contributed by atoms with Crippen molar-refractivity contribution < 1.29 is 9.53 Å². The highest BCUT2D eigenvalue weighted by molar-refractivity contribution is 7.11. The molecule has 2 saturated carbocycles. The van der Waals surface area contributed by atoms with Crippen molar-refractivity contribution in [3.8, 4) is 0 Å². The lowest BCUT2D eigenvalue weighted by molar-refractivity contribution is 0.0529. The molecule has 6 heteroatoms. The summed E-state index contributed by atoms with van der Waals surface area (Å²) in [5, 5.41) is 4.22. The monoisotopic (exact) mass is 309 g/mol. The molecule has 2 aliphatic carbocycles. The molecule has 3 rings (SSSR count). The number of esters is 1. The van der Waals surface area contributed by atoms with Gasteiger partial charge in [-0.25, -0.2) is 4.79 Å². The number of nitrogens with zero attached hydrogens (tertiary/aromatic N) is 1. The van der Waals surface area contributed by atoms with Gasteiger partial charge in [0.15, 0.2) is 5.82 Å². The van der Waals surface area contributed by atoms with Gasteiger partial charge in [0.2, 0.25) is 0 Å². The number of carbonyl (C=O) groups is 1. The molecule has 0 amide bonds. The highest BCUT2D eigenvalue weighted by Crippen LogP contribution is 2.50. The van der Waals surface area contributed by atoms with Crippen LogP contribution in [-0.2, 0) is 4.74 Å². The predicted molar refractivity (Wildman–Crippen MR) is 84.5 cm³/mol. The topological polar surface area (TPSA) is 77.2 Å². The van der Waals surface area contributed by atoms with Gasteiger partial charge in [-0.15, -0.1) is 0 Å². The molecule has 2 bridgehead atoms. The molecule has 21 heavy (non-hydrogen) atoms. The Morgan fingerprint density at radius 1 is 1.52 bits per heavy atom. The van der Waals surface area contributed by atoms with E-state index in [1.54, 1.807) is 6.92 Å². The van der Waals surface area contributed by atoms with E-state index in [0.29, 0.717) is 24.1 Å². The summed E-state index contributed by atoms with van der Waals surface area (Å²) in [6.07, 6.45) is 5.44. The van der Waals surface area contributed by atoms with E-state index in [-0.39, 0.29) is 11.8 Å². The molecule has 0 saturated heterocycles. The maximum absolute atomic E-state index is 12.0. The molecule has 1 aromatic heterocycles. The van der Waals surface area contributed by atoms with E-state index in [2.05, 4.69) is 16.6 Å². The van der Waals surface area contributed by atoms with Crippen LogP contribution < -0.4 is 11.1 Å². The van der Waals surface area contributed by atoms with Crippen molar-refractivity contribution in [3.63, 3.8) is 0 Å². The van der Waals surface area contributed by atoms with Crippen molar-refractivity contribution in [3.05, 3.63) is 5.56 Å². The Hall–Kier alpha value is -1.30. The van der Waals surface area contributed by atoms with E-state index in [1.807, 2.05) is 0 Å². The number of fused-ring (bicyclic) bond motifs is 2. The predicted octanol–water partition coefficient (Wildman–Crippen LogP) is 3.14. The summed E-state index contributed by atoms with van der Waals surface area (Å²) in [7, 11) is 0. The van der Waals surface area contributed by atoms with Gasteiger partial charge in [0.1, 0.15) is 10.6 Å². The van der Waals surface area contributed by atoms with E-state index >= 15 is 0 Å². The summed E-state index contributed by atoms with van der Waals surface area (Å²) >= 11 is 1.25. The number of carbonyl (C=O) groups excluding carboxylic acids is 1. The van der Waals surface area contributed by atoms with Gasteiger partial charge in [-0.05, 0) is 62.4 Å². The van der Waals surface area contributed by atoms with Gasteiger partial charge in [-0.3, -0.25) is 0 Å². The van der Waals surface area contributed by atoms with Crippen LogP contribution in [0.25, 0.3) is 0 Å². The number of hydrogen-bond donors (Lipinski definition) is 2. The fourth-order valence-electron chi connectivity index (χ4n) is 4.02. The molecule has 1 heterocycles. The van der Waals surface area contributed by atoms with Crippen LogP contribution in [0.1, 0.15) is 49.9 Å². The molecule has 2 fully saturated rings. The average Bonchev–Trinajstić information content (AvgIpc) is 3.14. The molecule has 2 aliphatic rings. The summed E-state index contributed by atoms with van der Waals surface area (Å²) in [6, 6.07) is 0.341. The fourth-order valence-corrected chi connectivity index (χ4v) is 4.82. The summed E-state index contributed by atoms with van der Waals surface area (Å²) in [4.78, 5) is 12.0. The van der Waals surface area contributed by atoms with E-state index in [0.717, 1.165) is 16.8 Å². The Morgan fingerprint density at radius 2 is 2.33 bits per heavy atom. The number of aromatic nitrogens is 1. The maximum Gasteiger partial charge on any atom is 0.344 e. The lowest BCUT2D eigenvalue weighted by Crippen LogP contribution is -2.30. The zero-order valence-corrected chi connectivity index (χ0v) is 13.4. The minimum Gasteiger partial charge on any atom is -0.462 e. The Bertz CT molecular complexity index is 531. The standard InChI is InChI=1S/C15H23N3O2S/c1-3-20-15(19)12-13(16)18-21-14(12)17-8(2)11-7-9-4-5-10(11)6-9/h8-11,17H,3-7H2,1-2H3,(H2,16,18). The van der Waals surface area contributed by atoms with Crippen molar-refractivity contribution in [2.24, 2.45) is 17.8 Å². The number of anilines is 2. The molecule has 0 spiro atoms. The van der Waals surface area contributed by atoms with Gasteiger partial charge >= 0.3 is 5.97 Å². The summed E-state index contributed by atoms with van der Waals surface area (Å²) in [6.45, 7) is 4.34. The maximum atomic E-state index is 12.0. The molecule has 0 radical (unpaired) electrons. The van der Waals surface area contributed by atoms with Crippen molar-refractivity contribution in [1.82, 2.24) is 4.37 Å². The highest BCUT2D eigenvalue weighted by Gasteiger charge is 2.42. The zero-order valence-electron chi connectivity index (χ0n) is 12.6. The van der Waals surface area contributed by atoms with Gasteiger partial charge < -0.3 is 15.8 Å². The summed E-state index contributed by atoms with van der Waals surface area (Å²) in [5.74, 6) is 2.34. The first-order chi connectivity index (χ1) is 10.1. The molecular weight excluding hydrogens is 286 g/mol. The van der Waals surface area contributed by atoms with E-state index in [1.165, 1.54) is 37.2 Å². The normalized spacial score (nSPS) is 28.6. The number of nitrogen functional groups attached to an aromatic ring is 1. The first-order valence-corrected chi connectivity index (χ1v) is 8.56. The van der Waals surface area contributed by atoms with Gasteiger partial charge in [0.05, 0.1) is 6.61 Å². The van der Waals surface area contributed by atoms with Crippen molar-refractivity contribution in [2.75, 3.05) is 17.7 Å². The molecule has 5 nitrogen and oxygen atoms in total. The Kier molecular flexibility index (Phi) is 4.06. The van der Waals surface area contributed by atoms with E-state index < -0.39 is 0 Å². The zero-order chi connectivity index (χ0) is 15.0. The molecule has 1 aromatic rings. The minimum atomic E-state index is -0.383. The fraction of sp³-hybridized carbons (Fsp3) is 0.733. The first kappa shape index (κ1) is 14.6. The average molecular weight is 309 g/mol. The lowest BCUT2D eigenvalue weighted by atomic mass is 9.84. The second kappa shape index (κ2) is 5.83. The molecule has 4 atom stereocenters. The van der Waals surface area contributed by atoms with Crippen molar-refractivity contribution in [1.29, 1.82) is 0 Å². The van der Waals surface area contributed by atoms with E-state index in [9.17, 15) is 4.79 Å². The SMILES string of the molecule is CCOC(=O)c1c(N)nsc1NC(C)C1CC2CCC1C2. The minimum absolute atomic E-state index is 0.265. The summed E-state index contributed by atoms with van der Waals surface area (Å²) < 4.78 is 9.18. The quantitative estimate of drug-likeness (QED) is 0.817. The Morgan fingerprint density at radius 3 is 2.95 bits per heavy atom. The number of rotatable bonds is 5. The van der Waals surface area contributed by atoms with Crippen LogP contribution >= 0.6 is 11.5 Å². The third-order valence-corrected chi connectivity index (χ3v) is 5.78. The van der Waals surface area contributed by atoms with Crippen LogP contribution in [0.15, 0.2) is 0 Å². The van der Waals surface area contributed by atoms with Crippen LogP contribution in [0.2, 0.25) is 0 Å². The first-order valence-electron chi connectivity index (χ1n) is 7.79. The van der Waals surface area contributed by atoms with Gasteiger partial charge in [0.25, 0.3) is 0 Å². The third kappa shape index (κ3) is 2.73. The van der Waals surface area contributed by atoms with Gasteiger partial charge in [0, 0.05) is 6.04 Å². The highest BCUT2D eigenvalue weighted by atomic mass is 32.1. The van der Waals surface area contributed by atoms with Gasteiger partial charge in [-0.1, -0.05) is 6.42 Å². The van der Waals surface area contributed by atoms with Gasteiger partial charge in [-0.2, -0.15) is 4.37 Å². The Balaban J connectivity index is 1.71. The molecule has 0 aliphatic heterocycles. The molecular formula is C15H23N3O2S. The summed E-state index contributed by atoms with van der Waals surface area (Å²) in [5.41, 5.74) is 6.22. The largest absolute Gasteiger partial charge is 0.462 e. The van der Waals surface area contributed by atoms with Crippen LogP contribution in [0.3, 0.4) is 0 Å². The second-order valence-electron chi connectivity index (χ2n) is 6.26. The van der Waals surface area contributed by atoms with Crippen molar-refractivity contribution >= 4 is 28.3 Å². The van der Waals surface area contributed by atoms with Crippen LogP contribution in [-0.4, -0.2) is 23.0 Å². The second-order valence-corrected chi connectivity index (χ2v) is 7.04. The van der Waals surface area contributed by atoms with Crippen molar-refractivity contribution in [2.45, 2.75) is 45.6 Å². The van der Waals surface area contributed by atoms with Crippen LogP contribution in [0.4, 0.5) is 10.8 Å². The number of nitrogens with one attached hydrogen (secondary N) is 1. The Labute approximate surface area is 129 Å². The van der Waals surface area contributed by atoms with Crippen LogP contribution in [0.5, 0.6) is 0 Å². The molecule has 116 valence electrons. The number of nitrogens with two attached hydrogens (primary N) is 1. The van der Waals surface area contributed by atoms with Crippen LogP contribution in [0, 0.1) is 17.8 Å². The lowest BCUT2D eigenvalue weighted by Gasteiger charge is -2.28. The number of hydrogen-bond acceptors (Lipinski definition) is 6. The van der Waals surface area contributed by atoms with E-state index in [4.69, 9.17) is 10.5 Å². The molecule has 4 unspecified atom stereocenters.